The summed E-state index contributed by atoms with van der Waals surface area (Å²) in [5.74, 6) is 0.789. The van der Waals surface area contributed by atoms with Gasteiger partial charge < -0.3 is 24.4 Å². The number of ether oxygens (including phenoxy) is 3. The van der Waals surface area contributed by atoms with E-state index in [1.807, 2.05) is 6.07 Å². The van der Waals surface area contributed by atoms with Crippen LogP contribution in [0.25, 0.3) is 0 Å². The molecule has 2 amide bonds. The normalized spacial score (nSPS) is 10.1. The second kappa shape index (κ2) is 8.23. The number of rotatable bonds is 6. The van der Waals surface area contributed by atoms with E-state index in [2.05, 4.69) is 5.32 Å². The molecule has 0 saturated carbocycles. The molecule has 7 heteroatoms. The predicted molar refractivity (Wildman–Crippen MR) is 93.0 cm³/mol. The number of nitrogens with zero attached hydrogens (tertiary/aromatic N) is 1. The van der Waals surface area contributed by atoms with Gasteiger partial charge in [0.2, 0.25) is 0 Å². The van der Waals surface area contributed by atoms with E-state index in [1.54, 1.807) is 39.5 Å². The number of benzene rings is 2. The molecule has 0 spiro atoms. The summed E-state index contributed by atoms with van der Waals surface area (Å²) in [5.41, 5.74) is 1.22. The Morgan fingerprint density at radius 1 is 1.00 bits per heavy atom. The van der Waals surface area contributed by atoms with E-state index >= 15 is 0 Å². The molecule has 0 atom stereocenters. The van der Waals surface area contributed by atoms with Gasteiger partial charge in [-0.1, -0.05) is 6.07 Å². The van der Waals surface area contributed by atoms with Crippen LogP contribution in [0, 0.1) is 5.82 Å². The Hall–Kier alpha value is -2.96. The summed E-state index contributed by atoms with van der Waals surface area (Å²) in [6, 6.07) is 9.30. The number of halogens is 1. The molecule has 0 aliphatic carbocycles. The lowest BCUT2D eigenvalue weighted by Gasteiger charge is -2.19. The molecule has 0 aliphatic rings. The summed E-state index contributed by atoms with van der Waals surface area (Å²) in [6.45, 7) is 0.352. The summed E-state index contributed by atoms with van der Waals surface area (Å²) in [7, 11) is 6.14. The summed E-state index contributed by atoms with van der Waals surface area (Å²) in [6.07, 6.45) is 0. The maximum atomic E-state index is 13.7. The van der Waals surface area contributed by atoms with Crippen LogP contribution in [0.5, 0.6) is 17.2 Å². The van der Waals surface area contributed by atoms with Crippen molar-refractivity contribution < 1.29 is 23.4 Å². The average molecular weight is 348 g/mol. The highest BCUT2D eigenvalue weighted by Crippen LogP contribution is 2.28. The van der Waals surface area contributed by atoms with Crippen molar-refractivity contribution in [2.24, 2.45) is 0 Å². The molecule has 0 bridgehead atoms. The summed E-state index contributed by atoms with van der Waals surface area (Å²) in [5, 5.41) is 2.64. The van der Waals surface area contributed by atoms with E-state index in [4.69, 9.17) is 14.2 Å². The first-order chi connectivity index (χ1) is 12.0. The van der Waals surface area contributed by atoms with Crippen molar-refractivity contribution in [3.8, 4) is 17.2 Å². The Morgan fingerprint density at radius 2 is 1.64 bits per heavy atom. The van der Waals surface area contributed by atoms with Gasteiger partial charge in [-0.15, -0.1) is 0 Å². The highest BCUT2D eigenvalue weighted by atomic mass is 19.1. The third kappa shape index (κ3) is 4.53. The van der Waals surface area contributed by atoms with Crippen molar-refractivity contribution in [2.75, 3.05) is 33.7 Å². The monoisotopic (exact) mass is 348 g/mol. The van der Waals surface area contributed by atoms with Crippen LogP contribution in [0.2, 0.25) is 0 Å². The molecule has 0 aromatic heterocycles. The number of hydrogen-bond donors (Lipinski definition) is 1. The topological polar surface area (TPSA) is 60.0 Å². The van der Waals surface area contributed by atoms with E-state index in [1.165, 1.54) is 24.1 Å². The first-order valence-electron chi connectivity index (χ1n) is 7.55. The molecule has 2 aromatic carbocycles. The Morgan fingerprint density at radius 3 is 2.24 bits per heavy atom. The van der Waals surface area contributed by atoms with Crippen molar-refractivity contribution in [3.05, 3.63) is 47.8 Å². The molecule has 0 heterocycles. The Labute approximate surface area is 146 Å². The highest BCUT2D eigenvalue weighted by molar-refractivity contribution is 5.89. The molecule has 25 heavy (non-hydrogen) atoms. The lowest BCUT2D eigenvalue weighted by Crippen LogP contribution is -2.30. The molecule has 6 nitrogen and oxygen atoms in total. The highest BCUT2D eigenvalue weighted by Gasteiger charge is 2.13. The molecule has 0 radical (unpaired) electrons. The van der Waals surface area contributed by atoms with Gasteiger partial charge in [0.15, 0.2) is 23.1 Å². The van der Waals surface area contributed by atoms with Crippen molar-refractivity contribution in [1.82, 2.24) is 4.90 Å². The summed E-state index contributed by atoms with van der Waals surface area (Å²) < 4.78 is 29.0. The number of carbonyl (C=O) groups is 1. The number of methoxy groups -OCH3 is 3. The van der Waals surface area contributed by atoms with E-state index < -0.39 is 5.82 Å². The minimum Gasteiger partial charge on any atom is -0.494 e. The summed E-state index contributed by atoms with van der Waals surface area (Å²) >= 11 is 0. The van der Waals surface area contributed by atoms with Gasteiger partial charge in [0.25, 0.3) is 0 Å². The lowest BCUT2D eigenvalue weighted by atomic mass is 10.2. The van der Waals surface area contributed by atoms with Crippen molar-refractivity contribution >= 4 is 11.7 Å². The summed E-state index contributed by atoms with van der Waals surface area (Å²) in [4.78, 5) is 13.7. The molecule has 2 rings (SSSR count). The first kappa shape index (κ1) is 18.4. The average Bonchev–Trinajstić information content (AvgIpc) is 2.61. The predicted octanol–water partition coefficient (Wildman–Crippen LogP) is 3.52. The molecular weight excluding hydrogens is 327 g/mol. The molecule has 0 saturated heterocycles. The quantitative estimate of drug-likeness (QED) is 0.868. The molecule has 0 fully saturated rings. The third-order valence-electron chi connectivity index (χ3n) is 3.62. The number of urea groups is 1. The number of anilines is 1. The minimum absolute atomic E-state index is 0.122. The van der Waals surface area contributed by atoms with Gasteiger partial charge in [0.1, 0.15) is 0 Å². The van der Waals surface area contributed by atoms with E-state index in [0.717, 1.165) is 5.56 Å². The zero-order valence-electron chi connectivity index (χ0n) is 14.6. The number of nitrogens with one attached hydrogen (secondary N) is 1. The standard InChI is InChI=1S/C18H21FN2O4/c1-21(11-12-5-7-16(24-3)17(9-12)25-4)18(22)20-13-6-8-15(23-2)14(19)10-13/h5-10H,11H2,1-4H3,(H,20,22). The smallest absolute Gasteiger partial charge is 0.321 e. The van der Waals surface area contributed by atoms with Crippen LogP contribution in [0.1, 0.15) is 5.56 Å². The fourth-order valence-corrected chi connectivity index (χ4v) is 2.29. The van der Waals surface area contributed by atoms with Crippen LogP contribution >= 0.6 is 0 Å². The Kier molecular flexibility index (Phi) is 6.05. The third-order valence-corrected chi connectivity index (χ3v) is 3.62. The van der Waals surface area contributed by atoms with Crippen LogP contribution in [0.4, 0.5) is 14.9 Å². The molecule has 1 N–H and O–H groups in total. The molecule has 2 aromatic rings. The van der Waals surface area contributed by atoms with Crippen molar-refractivity contribution in [1.29, 1.82) is 0 Å². The Bertz CT molecular complexity index is 752. The van der Waals surface area contributed by atoms with E-state index in [9.17, 15) is 9.18 Å². The van der Waals surface area contributed by atoms with Gasteiger partial charge >= 0.3 is 6.03 Å². The van der Waals surface area contributed by atoms with Crippen LogP contribution in [-0.2, 0) is 6.54 Å². The molecule has 0 unspecified atom stereocenters. The van der Waals surface area contributed by atoms with Gasteiger partial charge in [-0.05, 0) is 29.8 Å². The molecular formula is C18H21FN2O4. The van der Waals surface area contributed by atoms with Crippen LogP contribution < -0.4 is 19.5 Å². The van der Waals surface area contributed by atoms with Crippen molar-refractivity contribution in [2.45, 2.75) is 6.54 Å². The maximum Gasteiger partial charge on any atom is 0.321 e. The van der Waals surface area contributed by atoms with Crippen LogP contribution in [0.15, 0.2) is 36.4 Å². The maximum absolute atomic E-state index is 13.7. The van der Waals surface area contributed by atoms with Crippen LogP contribution in [0.3, 0.4) is 0 Å². The number of hydrogen-bond acceptors (Lipinski definition) is 4. The second-order valence-electron chi connectivity index (χ2n) is 5.32. The fraction of sp³-hybridized carbons (Fsp3) is 0.278. The number of carbonyl (C=O) groups excluding carboxylic acids is 1. The molecule has 0 aliphatic heterocycles. The van der Waals surface area contributed by atoms with Gasteiger partial charge in [0.05, 0.1) is 21.3 Å². The van der Waals surface area contributed by atoms with E-state index in [-0.39, 0.29) is 11.8 Å². The van der Waals surface area contributed by atoms with Gasteiger partial charge in [0, 0.05) is 25.3 Å². The minimum atomic E-state index is -0.539. The zero-order chi connectivity index (χ0) is 18.4. The van der Waals surface area contributed by atoms with Gasteiger partial charge in [-0.25, -0.2) is 9.18 Å². The van der Waals surface area contributed by atoms with Crippen molar-refractivity contribution in [3.63, 3.8) is 0 Å². The number of amides is 2. The van der Waals surface area contributed by atoms with Gasteiger partial charge in [-0.2, -0.15) is 0 Å². The molecule has 134 valence electrons. The SMILES string of the molecule is COc1ccc(NC(=O)N(C)Cc2ccc(OC)c(OC)c2)cc1F. The zero-order valence-corrected chi connectivity index (χ0v) is 14.6. The first-order valence-corrected chi connectivity index (χ1v) is 7.55. The second-order valence-corrected chi connectivity index (χ2v) is 5.32. The van der Waals surface area contributed by atoms with Crippen LogP contribution in [-0.4, -0.2) is 39.3 Å². The Balaban J connectivity index is 2.04. The lowest BCUT2D eigenvalue weighted by molar-refractivity contribution is 0.220. The van der Waals surface area contributed by atoms with Gasteiger partial charge in [-0.3, -0.25) is 0 Å². The fourth-order valence-electron chi connectivity index (χ4n) is 2.29. The largest absolute Gasteiger partial charge is 0.494 e. The van der Waals surface area contributed by atoms with E-state index in [0.29, 0.717) is 23.7 Å².